The van der Waals surface area contributed by atoms with Crippen LogP contribution >= 0.6 is 11.8 Å². The van der Waals surface area contributed by atoms with Crippen LogP contribution in [0.3, 0.4) is 0 Å². The maximum absolute atomic E-state index is 3.34. The SMILES string of the molecule is CC1(Sc2ccccc2)C=CC=CN1. The summed E-state index contributed by atoms with van der Waals surface area (Å²) in [4.78, 5) is 1.26. The molecule has 2 heteroatoms. The normalized spacial score (nSPS) is 24.6. The summed E-state index contributed by atoms with van der Waals surface area (Å²) in [6.45, 7) is 2.17. The first-order valence-electron chi connectivity index (χ1n) is 4.65. The van der Waals surface area contributed by atoms with Crippen molar-refractivity contribution in [3.05, 3.63) is 54.8 Å². The van der Waals surface area contributed by atoms with Gasteiger partial charge in [0.05, 0.1) is 0 Å². The fourth-order valence-electron chi connectivity index (χ4n) is 1.35. The van der Waals surface area contributed by atoms with Crippen molar-refractivity contribution >= 4 is 11.8 Å². The highest BCUT2D eigenvalue weighted by atomic mass is 32.2. The van der Waals surface area contributed by atoms with Crippen LogP contribution < -0.4 is 5.32 Å². The van der Waals surface area contributed by atoms with Gasteiger partial charge in [0, 0.05) is 4.90 Å². The Morgan fingerprint density at radius 2 is 1.93 bits per heavy atom. The number of allylic oxidation sites excluding steroid dienone is 2. The summed E-state index contributed by atoms with van der Waals surface area (Å²) in [5.74, 6) is 0. The maximum atomic E-state index is 3.34. The third-order valence-corrected chi connectivity index (χ3v) is 3.25. The van der Waals surface area contributed by atoms with Crippen LogP contribution in [0, 0.1) is 0 Å². The highest BCUT2D eigenvalue weighted by Gasteiger charge is 2.21. The molecule has 1 aromatic rings. The van der Waals surface area contributed by atoms with Crippen LogP contribution in [0.4, 0.5) is 0 Å². The number of nitrogens with one attached hydrogen (secondary N) is 1. The van der Waals surface area contributed by atoms with Gasteiger partial charge in [-0.1, -0.05) is 36.0 Å². The van der Waals surface area contributed by atoms with Gasteiger partial charge in [-0.05, 0) is 37.4 Å². The fourth-order valence-corrected chi connectivity index (χ4v) is 2.41. The summed E-state index contributed by atoms with van der Waals surface area (Å²) >= 11 is 1.82. The summed E-state index contributed by atoms with van der Waals surface area (Å²) in [6, 6.07) is 10.4. The third-order valence-electron chi connectivity index (χ3n) is 2.06. The summed E-state index contributed by atoms with van der Waals surface area (Å²) in [7, 11) is 0. The highest BCUT2D eigenvalue weighted by Crippen LogP contribution is 2.32. The fraction of sp³-hybridized carbons (Fsp3) is 0.167. The molecular weight excluding hydrogens is 190 g/mol. The quantitative estimate of drug-likeness (QED) is 0.792. The Hall–Kier alpha value is -1.15. The van der Waals surface area contributed by atoms with E-state index >= 15 is 0 Å². The standard InChI is InChI=1S/C12H13NS/c1-12(9-5-6-10-13-12)14-11-7-3-2-4-8-11/h2-10,13H,1H3. The van der Waals surface area contributed by atoms with Crippen molar-refractivity contribution in [2.45, 2.75) is 16.7 Å². The summed E-state index contributed by atoms with van der Waals surface area (Å²) in [5.41, 5.74) is 0. The molecule has 0 amide bonds. The van der Waals surface area contributed by atoms with E-state index in [1.165, 1.54) is 4.90 Å². The van der Waals surface area contributed by atoms with Crippen LogP contribution in [0.2, 0.25) is 0 Å². The van der Waals surface area contributed by atoms with Crippen molar-refractivity contribution in [3.63, 3.8) is 0 Å². The lowest BCUT2D eigenvalue weighted by Crippen LogP contribution is -2.34. The molecule has 0 aliphatic carbocycles. The average Bonchev–Trinajstić information content (AvgIpc) is 2.19. The maximum Gasteiger partial charge on any atom is 0.104 e. The Kier molecular flexibility index (Phi) is 2.64. The summed E-state index contributed by atoms with van der Waals surface area (Å²) < 4.78 is 0. The zero-order valence-corrected chi connectivity index (χ0v) is 8.92. The van der Waals surface area contributed by atoms with Crippen molar-refractivity contribution in [2.75, 3.05) is 0 Å². The largest absolute Gasteiger partial charge is 0.373 e. The lowest BCUT2D eigenvalue weighted by atomic mass is 10.2. The van der Waals surface area contributed by atoms with Gasteiger partial charge in [0.1, 0.15) is 4.87 Å². The molecule has 1 nitrogen and oxygen atoms in total. The molecule has 1 heterocycles. The van der Waals surface area contributed by atoms with Crippen LogP contribution in [0.15, 0.2) is 59.7 Å². The molecule has 0 saturated carbocycles. The van der Waals surface area contributed by atoms with Gasteiger partial charge in [-0.25, -0.2) is 0 Å². The second-order valence-electron chi connectivity index (χ2n) is 3.38. The summed E-state index contributed by atoms with van der Waals surface area (Å²) in [6.07, 6.45) is 8.24. The minimum absolute atomic E-state index is 0.0178. The lowest BCUT2D eigenvalue weighted by Gasteiger charge is -2.27. The van der Waals surface area contributed by atoms with Crippen LogP contribution in [0.25, 0.3) is 0 Å². The van der Waals surface area contributed by atoms with Crippen molar-refractivity contribution in [1.29, 1.82) is 0 Å². The topological polar surface area (TPSA) is 12.0 Å². The van der Waals surface area contributed by atoms with E-state index < -0.39 is 0 Å². The average molecular weight is 203 g/mol. The molecule has 1 aliphatic heterocycles. The van der Waals surface area contributed by atoms with Crippen LogP contribution in [-0.2, 0) is 0 Å². The molecule has 1 atom stereocenters. The molecule has 0 fully saturated rings. The molecule has 14 heavy (non-hydrogen) atoms. The van der Waals surface area contributed by atoms with Crippen molar-refractivity contribution < 1.29 is 0 Å². The van der Waals surface area contributed by atoms with E-state index in [1.54, 1.807) is 0 Å². The van der Waals surface area contributed by atoms with E-state index in [0.717, 1.165) is 0 Å². The predicted octanol–water partition coefficient (Wildman–Crippen LogP) is 3.17. The molecule has 1 aliphatic rings. The van der Waals surface area contributed by atoms with E-state index in [2.05, 4.69) is 48.7 Å². The number of hydrogen-bond acceptors (Lipinski definition) is 2. The molecule has 0 bridgehead atoms. The van der Waals surface area contributed by atoms with Gasteiger partial charge >= 0.3 is 0 Å². The van der Waals surface area contributed by atoms with E-state index in [4.69, 9.17) is 0 Å². The Balaban J connectivity index is 2.11. The molecule has 1 unspecified atom stereocenters. The minimum atomic E-state index is -0.0178. The zero-order chi connectivity index (χ0) is 9.86. The lowest BCUT2D eigenvalue weighted by molar-refractivity contribution is 0.699. The zero-order valence-electron chi connectivity index (χ0n) is 8.10. The molecule has 0 aromatic heterocycles. The van der Waals surface area contributed by atoms with E-state index in [-0.39, 0.29) is 4.87 Å². The molecule has 1 N–H and O–H groups in total. The molecule has 72 valence electrons. The van der Waals surface area contributed by atoms with Gasteiger partial charge in [0.15, 0.2) is 0 Å². The van der Waals surface area contributed by atoms with Gasteiger partial charge < -0.3 is 5.32 Å². The Morgan fingerprint density at radius 1 is 1.14 bits per heavy atom. The van der Waals surface area contributed by atoms with Gasteiger partial charge in [-0.15, -0.1) is 0 Å². The van der Waals surface area contributed by atoms with Gasteiger partial charge in [-0.3, -0.25) is 0 Å². The molecule has 0 spiro atoms. The van der Waals surface area contributed by atoms with E-state index in [0.29, 0.717) is 0 Å². The highest BCUT2D eigenvalue weighted by molar-refractivity contribution is 8.00. The second-order valence-corrected chi connectivity index (χ2v) is 4.91. The third kappa shape index (κ3) is 2.20. The molecule has 0 radical (unpaired) electrons. The van der Waals surface area contributed by atoms with E-state index in [9.17, 15) is 0 Å². The Bertz CT molecular complexity index is 356. The van der Waals surface area contributed by atoms with Crippen molar-refractivity contribution in [2.24, 2.45) is 0 Å². The van der Waals surface area contributed by atoms with Gasteiger partial charge in [0.2, 0.25) is 0 Å². The smallest absolute Gasteiger partial charge is 0.104 e. The first-order valence-corrected chi connectivity index (χ1v) is 5.46. The van der Waals surface area contributed by atoms with Crippen molar-refractivity contribution in [1.82, 2.24) is 5.32 Å². The number of rotatable bonds is 2. The predicted molar refractivity (Wildman–Crippen MR) is 62.1 cm³/mol. The Labute approximate surface area is 88.9 Å². The number of thioether (sulfide) groups is 1. The van der Waals surface area contributed by atoms with Crippen LogP contribution in [-0.4, -0.2) is 4.87 Å². The number of benzene rings is 1. The van der Waals surface area contributed by atoms with Gasteiger partial charge in [0.25, 0.3) is 0 Å². The summed E-state index contributed by atoms with van der Waals surface area (Å²) in [5, 5.41) is 3.34. The first kappa shape index (κ1) is 9.41. The minimum Gasteiger partial charge on any atom is -0.373 e. The first-order chi connectivity index (χ1) is 6.79. The molecule has 2 rings (SSSR count). The van der Waals surface area contributed by atoms with E-state index in [1.807, 2.05) is 30.1 Å². The number of hydrogen-bond donors (Lipinski definition) is 1. The van der Waals surface area contributed by atoms with Crippen LogP contribution in [0.5, 0.6) is 0 Å². The van der Waals surface area contributed by atoms with Gasteiger partial charge in [-0.2, -0.15) is 0 Å². The molecule has 1 aromatic carbocycles. The number of dihydropyridines is 1. The monoisotopic (exact) mass is 203 g/mol. The van der Waals surface area contributed by atoms with Crippen LogP contribution in [0.1, 0.15) is 6.92 Å². The molecule has 0 saturated heterocycles. The Morgan fingerprint density at radius 3 is 2.57 bits per heavy atom. The molecular formula is C12H13NS. The second kappa shape index (κ2) is 3.93. The van der Waals surface area contributed by atoms with Crippen molar-refractivity contribution in [3.8, 4) is 0 Å².